The molecule has 2 aromatic heterocycles. The van der Waals surface area contributed by atoms with Crippen LogP contribution in [0.3, 0.4) is 0 Å². The Balaban J connectivity index is 1.52. The summed E-state index contributed by atoms with van der Waals surface area (Å²) in [6.07, 6.45) is 3.35. The highest BCUT2D eigenvalue weighted by atomic mass is 32.2. The van der Waals surface area contributed by atoms with Crippen molar-refractivity contribution in [3.63, 3.8) is 0 Å². The Morgan fingerprint density at radius 3 is 2.62 bits per heavy atom. The minimum absolute atomic E-state index is 0.276. The maximum atomic E-state index is 12.4. The topological polar surface area (TPSA) is 114 Å². The summed E-state index contributed by atoms with van der Waals surface area (Å²) in [5, 5.41) is -0.276. The monoisotopic (exact) mass is 456 g/mol. The Morgan fingerprint density at radius 1 is 1.16 bits per heavy atom. The average Bonchev–Trinajstić information content (AvgIpc) is 2.79. The Kier molecular flexibility index (Phi) is 5.98. The number of fused-ring (bicyclic) bond motifs is 1. The van der Waals surface area contributed by atoms with Crippen molar-refractivity contribution in [3.05, 3.63) is 63.7 Å². The number of ether oxygens (including phenoxy) is 2. The second-order valence-electron chi connectivity index (χ2n) is 7.65. The average molecular weight is 457 g/mol. The molecule has 0 unspecified atom stereocenters. The van der Waals surface area contributed by atoms with Crippen molar-refractivity contribution in [2.45, 2.75) is 24.7 Å². The molecule has 0 saturated carbocycles. The highest BCUT2D eigenvalue weighted by molar-refractivity contribution is 7.90. The fourth-order valence-electron chi connectivity index (χ4n) is 3.72. The van der Waals surface area contributed by atoms with Crippen molar-refractivity contribution >= 4 is 9.84 Å². The molecule has 3 aromatic rings. The summed E-state index contributed by atoms with van der Waals surface area (Å²) in [4.78, 5) is 25.7. The molecule has 168 valence electrons. The lowest BCUT2D eigenvalue weighted by atomic mass is 10.1. The summed E-state index contributed by atoms with van der Waals surface area (Å²) < 4.78 is 34.2. The number of rotatable bonds is 6. The molecule has 4 rings (SSSR count). The third-order valence-corrected chi connectivity index (χ3v) is 6.29. The Hall–Kier alpha value is -3.24. The van der Waals surface area contributed by atoms with Gasteiger partial charge in [0.15, 0.2) is 0 Å². The van der Waals surface area contributed by atoms with Gasteiger partial charge in [-0.15, -0.1) is 0 Å². The van der Waals surface area contributed by atoms with Crippen LogP contribution in [0.4, 0.5) is 0 Å². The standard InChI is InChI=1S/C22H24N4O5S/c1-30-15-5-7-20(31-2)16(10-15)18-6-4-14(11-23-18)12-26-9-8-19-17(13-26)21(27)25-22(24-19)32(3,28)29/h4-7,10-11H,8-9,12-13H2,1-3H3,(H,24,25,27). The van der Waals surface area contributed by atoms with Crippen molar-refractivity contribution in [1.82, 2.24) is 19.9 Å². The van der Waals surface area contributed by atoms with Crippen LogP contribution >= 0.6 is 0 Å². The molecule has 1 aromatic carbocycles. The zero-order chi connectivity index (χ0) is 22.9. The van der Waals surface area contributed by atoms with Gasteiger partial charge in [0.2, 0.25) is 15.0 Å². The van der Waals surface area contributed by atoms with Crippen LogP contribution in [-0.2, 0) is 29.3 Å². The molecule has 10 heteroatoms. The highest BCUT2D eigenvalue weighted by Crippen LogP contribution is 2.32. The first-order chi connectivity index (χ1) is 15.3. The molecule has 3 heterocycles. The molecule has 1 N–H and O–H groups in total. The van der Waals surface area contributed by atoms with E-state index in [9.17, 15) is 13.2 Å². The van der Waals surface area contributed by atoms with E-state index >= 15 is 0 Å². The van der Waals surface area contributed by atoms with Gasteiger partial charge in [0, 0.05) is 44.1 Å². The van der Waals surface area contributed by atoms with E-state index in [0.717, 1.165) is 28.8 Å². The molecule has 0 radical (unpaired) electrons. The van der Waals surface area contributed by atoms with E-state index in [4.69, 9.17) is 9.47 Å². The summed E-state index contributed by atoms with van der Waals surface area (Å²) in [5.41, 5.74) is 3.25. The first-order valence-electron chi connectivity index (χ1n) is 10.0. The normalized spacial score (nSPS) is 14.1. The smallest absolute Gasteiger partial charge is 0.256 e. The van der Waals surface area contributed by atoms with Gasteiger partial charge in [-0.05, 0) is 29.8 Å². The molecule has 1 aliphatic heterocycles. The number of nitrogens with zero attached hydrogens (tertiary/aromatic N) is 3. The molecule has 0 saturated heterocycles. The SMILES string of the molecule is COc1ccc(OC)c(-c2ccc(CN3CCc4nc(S(C)(=O)=O)[nH]c(=O)c4C3)cn2)c1. The number of sulfone groups is 1. The van der Waals surface area contributed by atoms with Gasteiger partial charge in [-0.1, -0.05) is 6.07 Å². The molecule has 0 aliphatic carbocycles. The van der Waals surface area contributed by atoms with E-state index in [-0.39, 0.29) is 5.16 Å². The van der Waals surface area contributed by atoms with Crippen molar-refractivity contribution in [2.24, 2.45) is 0 Å². The molecule has 1 aliphatic rings. The van der Waals surface area contributed by atoms with E-state index in [1.807, 2.05) is 30.3 Å². The molecular formula is C22H24N4O5S. The maximum Gasteiger partial charge on any atom is 0.256 e. The molecule has 0 amide bonds. The van der Waals surface area contributed by atoms with Crippen molar-refractivity contribution in [3.8, 4) is 22.8 Å². The predicted molar refractivity (Wildman–Crippen MR) is 119 cm³/mol. The van der Waals surface area contributed by atoms with Crippen LogP contribution in [0.5, 0.6) is 11.5 Å². The van der Waals surface area contributed by atoms with Gasteiger partial charge in [-0.2, -0.15) is 0 Å². The number of hydrogen-bond acceptors (Lipinski definition) is 8. The lowest BCUT2D eigenvalue weighted by Gasteiger charge is -2.27. The van der Waals surface area contributed by atoms with Crippen LogP contribution in [0.2, 0.25) is 0 Å². The maximum absolute atomic E-state index is 12.4. The number of aromatic nitrogens is 3. The number of benzene rings is 1. The van der Waals surface area contributed by atoms with E-state index < -0.39 is 15.4 Å². The first-order valence-corrected chi connectivity index (χ1v) is 11.9. The van der Waals surface area contributed by atoms with Crippen LogP contribution in [0.25, 0.3) is 11.3 Å². The Labute approximate surface area is 186 Å². The molecule has 9 nitrogen and oxygen atoms in total. The zero-order valence-electron chi connectivity index (χ0n) is 18.1. The van der Waals surface area contributed by atoms with Gasteiger partial charge in [-0.25, -0.2) is 13.4 Å². The summed E-state index contributed by atoms with van der Waals surface area (Å²) in [6.45, 7) is 1.67. The summed E-state index contributed by atoms with van der Waals surface area (Å²) in [7, 11) is -0.336. The number of aromatic amines is 1. The van der Waals surface area contributed by atoms with E-state index in [1.54, 1.807) is 20.4 Å². The minimum Gasteiger partial charge on any atom is -0.497 e. The minimum atomic E-state index is -3.56. The van der Waals surface area contributed by atoms with E-state index in [0.29, 0.717) is 43.1 Å². The Bertz CT molecular complexity index is 1300. The highest BCUT2D eigenvalue weighted by Gasteiger charge is 2.23. The molecule has 0 atom stereocenters. The molecule has 32 heavy (non-hydrogen) atoms. The predicted octanol–water partition coefficient (Wildman–Crippen LogP) is 1.81. The lowest BCUT2D eigenvalue weighted by Crippen LogP contribution is -2.36. The van der Waals surface area contributed by atoms with Gasteiger partial charge in [0.25, 0.3) is 5.56 Å². The number of hydrogen-bond donors (Lipinski definition) is 1. The van der Waals surface area contributed by atoms with Gasteiger partial charge < -0.3 is 9.47 Å². The van der Waals surface area contributed by atoms with Crippen LogP contribution in [0, 0.1) is 0 Å². The van der Waals surface area contributed by atoms with Gasteiger partial charge in [0.1, 0.15) is 11.5 Å². The number of H-pyrrole nitrogens is 1. The third-order valence-electron chi connectivity index (χ3n) is 5.39. The van der Waals surface area contributed by atoms with Crippen molar-refractivity contribution in [1.29, 1.82) is 0 Å². The molecule has 0 fully saturated rings. The van der Waals surface area contributed by atoms with Crippen LogP contribution < -0.4 is 15.0 Å². The van der Waals surface area contributed by atoms with Gasteiger partial charge in [-0.3, -0.25) is 19.7 Å². The molecule has 0 spiro atoms. The first kappa shape index (κ1) is 22.0. The molecule has 0 bridgehead atoms. The largest absolute Gasteiger partial charge is 0.497 e. The lowest BCUT2D eigenvalue weighted by molar-refractivity contribution is 0.240. The summed E-state index contributed by atoms with van der Waals surface area (Å²) in [5.74, 6) is 1.43. The van der Waals surface area contributed by atoms with Gasteiger partial charge in [0.05, 0.1) is 31.2 Å². The number of nitrogens with one attached hydrogen (secondary N) is 1. The van der Waals surface area contributed by atoms with Gasteiger partial charge >= 0.3 is 0 Å². The Morgan fingerprint density at radius 2 is 1.97 bits per heavy atom. The van der Waals surface area contributed by atoms with Crippen molar-refractivity contribution in [2.75, 3.05) is 27.0 Å². The fourth-order valence-corrected chi connectivity index (χ4v) is 4.27. The van der Waals surface area contributed by atoms with E-state index in [2.05, 4.69) is 19.9 Å². The fraction of sp³-hybridized carbons (Fsp3) is 0.318. The third kappa shape index (κ3) is 4.51. The van der Waals surface area contributed by atoms with E-state index in [1.165, 1.54) is 0 Å². The van der Waals surface area contributed by atoms with Crippen LogP contribution in [0.1, 0.15) is 16.8 Å². The summed E-state index contributed by atoms with van der Waals surface area (Å²) >= 11 is 0. The second-order valence-corrected chi connectivity index (χ2v) is 9.58. The quantitative estimate of drug-likeness (QED) is 0.559. The van der Waals surface area contributed by atoms with Crippen LogP contribution in [-0.4, -0.2) is 55.3 Å². The summed E-state index contributed by atoms with van der Waals surface area (Å²) in [6, 6.07) is 9.48. The molecular weight excluding hydrogens is 432 g/mol. The second kappa shape index (κ2) is 8.71. The number of methoxy groups -OCH3 is 2. The number of pyridine rings is 1. The zero-order valence-corrected chi connectivity index (χ0v) is 18.9. The van der Waals surface area contributed by atoms with Crippen molar-refractivity contribution < 1.29 is 17.9 Å². The van der Waals surface area contributed by atoms with Crippen LogP contribution in [0.15, 0.2) is 46.5 Å².